The van der Waals surface area contributed by atoms with Gasteiger partial charge >= 0.3 is 0 Å². The van der Waals surface area contributed by atoms with E-state index in [4.69, 9.17) is 4.74 Å². The fourth-order valence-corrected chi connectivity index (χ4v) is 4.30. The molecule has 30 heavy (non-hydrogen) atoms. The molecule has 2 aromatic rings. The average Bonchev–Trinajstić information content (AvgIpc) is 3.54. The van der Waals surface area contributed by atoms with Gasteiger partial charge in [-0.25, -0.2) is 0 Å². The highest BCUT2D eigenvalue weighted by atomic mass is 32.2. The summed E-state index contributed by atoms with van der Waals surface area (Å²) in [6.07, 6.45) is 2.09. The number of thioether (sulfide) groups is 1. The maximum atomic E-state index is 13.0. The summed E-state index contributed by atoms with van der Waals surface area (Å²) >= 11 is 1.34. The zero-order valence-electron chi connectivity index (χ0n) is 17.2. The Kier molecular flexibility index (Phi) is 6.08. The molecule has 2 aromatic carbocycles. The number of hydrogen-bond acceptors (Lipinski definition) is 5. The van der Waals surface area contributed by atoms with E-state index in [1.54, 1.807) is 12.0 Å². The van der Waals surface area contributed by atoms with Crippen LogP contribution < -0.4 is 9.64 Å². The van der Waals surface area contributed by atoms with Gasteiger partial charge in [0.15, 0.2) is 5.17 Å². The number of amidine groups is 1. The van der Waals surface area contributed by atoms with Gasteiger partial charge in [0, 0.05) is 12.6 Å². The van der Waals surface area contributed by atoms with E-state index >= 15 is 0 Å². The van der Waals surface area contributed by atoms with Gasteiger partial charge in [-0.05, 0) is 49.6 Å². The number of anilines is 1. The third-order valence-electron chi connectivity index (χ3n) is 5.23. The SMILES string of the molecule is COc1ccc(CN(C(=O)CSC2=NCC(=O)N2c2ccc(C)cc2)C2CC2)cc1. The molecule has 4 rings (SSSR count). The highest BCUT2D eigenvalue weighted by molar-refractivity contribution is 8.14. The Bertz CT molecular complexity index is 953. The molecule has 1 aliphatic heterocycles. The molecule has 7 heteroatoms. The Morgan fingerprint density at radius 3 is 2.50 bits per heavy atom. The zero-order valence-corrected chi connectivity index (χ0v) is 18.0. The minimum atomic E-state index is -0.0638. The first-order chi connectivity index (χ1) is 14.5. The van der Waals surface area contributed by atoms with Crippen molar-refractivity contribution in [2.45, 2.75) is 32.4 Å². The molecule has 1 saturated carbocycles. The molecule has 1 aliphatic carbocycles. The lowest BCUT2D eigenvalue weighted by molar-refractivity contribution is -0.129. The van der Waals surface area contributed by atoms with E-state index < -0.39 is 0 Å². The molecule has 0 bridgehead atoms. The number of rotatable bonds is 7. The van der Waals surface area contributed by atoms with Crippen LogP contribution in [0, 0.1) is 6.92 Å². The van der Waals surface area contributed by atoms with Gasteiger partial charge in [-0.1, -0.05) is 41.6 Å². The van der Waals surface area contributed by atoms with Crippen molar-refractivity contribution in [1.82, 2.24) is 4.90 Å². The van der Waals surface area contributed by atoms with Crippen molar-refractivity contribution in [2.75, 3.05) is 24.3 Å². The van der Waals surface area contributed by atoms with Crippen LogP contribution in [0.25, 0.3) is 0 Å². The summed E-state index contributed by atoms with van der Waals surface area (Å²) in [6, 6.07) is 15.9. The molecule has 1 heterocycles. The molecule has 0 N–H and O–H groups in total. The van der Waals surface area contributed by atoms with E-state index in [2.05, 4.69) is 4.99 Å². The molecule has 0 spiro atoms. The Morgan fingerprint density at radius 1 is 1.17 bits per heavy atom. The first-order valence-electron chi connectivity index (χ1n) is 10.0. The zero-order chi connectivity index (χ0) is 21.1. The topological polar surface area (TPSA) is 62.2 Å². The number of hydrogen-bond donors (Lipinski definition) is 0. The number of methoxy groups -OCH3 is 1. The van der Waals surface area contributed by atoms with E-state index in [1.807, 2.05) is 60.4 Å². The van der Waals surface area contributed by atoms with Crippen LogP contribution in [0.4, 0.5) is 5.69 Å². The Morgan fingerprint density at radius 2 is 1.87 bits per heavy atom. The van der Waals surface area contributed by atoms with E-state index in [1.165, 1.54) is 11.8 Å². The van der Waals surface area contributed by atoms with E-state index in [-0.39, 0.29) is 24.1 Å². The Hall–Kier alpha value is -2.80. The van der Waals surface area contributed by atoms with Crippen molar-refractivity contribution in [3.63, 3.8) is 0 Å². The van der Waals surface area contributed by atoms with Crippen molar-refractivity contribution in [2.24, 2.45) is 4.99 Å². The van der Waals surface area contributed by atoms with Gasteiger partial charge in [-0.15, -0.1) is 0 Å². The molecule has 1 fully saturated rings. The predicted octanol–water partition coefficient (Wildman–Crippen LogP) is 3.63. The molecule has 2 amide bonds. The Balaban J connectivity index is 1.40. The van der Waals surface area contributed by atoms with Crippen LogP contribution in [0.15, 0.2) is 53.5 Å². The second-order valence-electron chi connectivity index (χ2n) is 7.55. The summed E-state index contributed by atoms with van der Waals surface area (Å²) in [4.78, 5) is 33.3. The maximum Gasteiger partial charge on any atom is 0.254 e. The average molecular weight is 424 g/mol. The number of carbonyl (C=O) groups excluding carboxylic acids is 2. The summed E-state index contributed by atoms with van der Waals surface area (Å²) in [5.41, 5.74) is 3.00. The summed E-state index contributed by atoms with van der Waals surface area (Å²) < 4.78 is 5.21. The van der Waals surface area contributed by atoms with Crippen molar-refractivity contribution in [3.8, 4) is 5.75 Å². The molecule has 0 aromatic heterocycles. The molecule has 0 unspecified atom stereocenters. The first-order valence-corrected chi connectivity index (χ1v) is 11.0. The number of aryl methyl sites for hydroxylation is 1. The van der Waals surface area contributed by atoms with Gasteiger partial charge in [0.25, 0.3) is 5.91 Å². The second kappa shape index (κ2) is 8.92. The lowest BCUT2D eigenvalue weighted by Crippen LogP contribution is -2.36. The molecule has 6 nitrogen and oxygen atoms in total. The van der Waals surface area contributed by atoms with Gasteiger partial charge in [0.2, 0.25) is 5.91 Å². The minimum absolute atomic E-state index is 0.0638. The van der Waals surface area contributed by atoms with E-state index in [9.17, 15) is 9.59 Å². The van der Waals surface area contributed by atoms with E-state index in [0.29, 0.717) is 17.8 Å². The maximum absolute atomic E-state index is 13.0. The van der Waals surface area contributed by atoms with Crippen LogP contribution >= 0.6 is 11.8 Å². The lowest BCUT2D eigenvalue weighted by Gasteiger charge is -2.23. The van der Waals surface area contributed by atoms with Gasteiger partial charge in [0.05, 0.1) is 18.6 Å². The monoisotopic (exact) mass is 423 g/mol. The molecule has 0 saturated heterocycles. The molecule has 2 aliphatic rings. The molecular formula is C23H25N3O3S. The fourth-order valence-electron chi connectivity index (χ4n) is 3.39. The highest BCUT2D eigenvalue weighted by Gasteiger charge is 2.34. The van der Waals surface area contributed by atoms with Crippen LogP contribution in [-0.2, 0) is 16.1 Å². The van der Waals surface area contributed by atoms with Crippen LogP contribution in [-0.4, -0.2) is 47.3 Å². The largest absolute Gasteiger partial charge is 0.497 e. The lowest BCUT2D eigenvalue weighted by atomic mass is 10.2. The molecule has 156 valence electrons. The van der Waals surface area contributed by atoms with Gasteiger partial charge in [0.1, 0.15) is 12.3 Å². The number of ether oxygens (including phenoxy) is 1. The quantitative estimate of drug-likeness (QED) is 0.682. The summed E-state index contributed by atoms with van der Waals surface area (Å²) in [5.74, 6) is 1.08. The standard InChI is InChI=1S/C23H25N3O3S/c1-16-3-7-19(8-4-16)26-21(27)13-24-23(26)30-15-22(28)25(18-9-10-18)14-17-5-11-20(29-2)12-6-17/h3-8,11-12,18H,9-10,13-15H2,1-2H3. The number of benzene rings is 2. The third-order valence-corrected chi connectivity index (χ3v) is 6.19. The van der Waals surface area contributed by atoms with Crippen molar-refractivity contribution < 1.29 is 14.3 Å². The molecular weight excluding hydrogens is 398 g/mol. The number of aliphatic imine (C=N–C) groups is 1. The van der Waals surface area contributed by atoms with Crippen LogP contribution in [0.2, 0.25) is 0 Å². The van der Waals surface area contributed by atoms with Crippen LogP contribution in [0.5, 0.6) is 5.75 Å². The van der Waals surface area contributed by atoms with E-state index in [0.717, 1.165) is 35.4 Å². The minimum Gasteiger partial charge on any atom is -0.497 e. The number of carbonyl (C=O) groups is 2. The normalized spacial score (nSPS) is 15.9. The van der Waals surface area contributed by atoms with Crippen LogP contribution in [0.1, 0.15) is 24.0 Å². The summed E-state index contributed by atoms with van der Waals surface area (Å²) in [7, 11) is 1.64. The van der Waals surface area contributed by atoms with Gasteiger partial charge in [-0.3, -0.25) is 19.5 Å². The first kappa shape index (κ1) is 20.5. The Labute approximate surface area is 180 Å². The van der Waals surface area contributed by atoms with Crippen molar-refractivity contribution >= 4 is 34.4 Å². The summed E-state index contributed by atoms with van der Waals surface area (Å²) in [6.45, 7) is 2.72. The number of nitrogens with zero attached hydrogens (tertiary/aromatic N) is 3. The van der Waals surface area contributed by atoms with Crippen molar-refractivity contribution in [3.05, 3.63) is 59.7 Å². The third kappa shape index (κ3) is 4.67. The smallest absolute Gasteiger partial charge is 0.254 e. The number of amides is 2. The predicted molar refractivity (Wildman–Crippen MR) is 120 cm³/mol. The fraction of sp³-hybridized carbons (Fsp3) is 0.348. The second-order valence-corrected chi connectivity index (χ2v) is 8.50. The highest BCUT2D eigenvalue weighted by Crippen LogP contribution is 2.30. The molecule has 0 atom stereocenters. The van der Waals surface area contributed by atoms with Crippen LogP contribution in [0.3, 0.4) is 0 Å². The molecule has 0 radical (unpaired) electrons. The van der Waals surface area contributed by atoms with Crippen molar-refractivity contribution in [1.29, 1.82) is 0 Å². The van der Waals surface area contributed by atoms with Gasteiger partial charge in [-0.2, -0.15) is 0 Å². The summed E-state index contributed by atoms with van der Waals surface area (Å²) in [5, 5.41) is 0.595. The van der Waals surface area contributed by atoms with Gasteiger partial charge < -0.3 is 9.64 Å².